The van der Waals surface area contributed by atoms with Gasteiger partial charge >= 0.3 is 0 Å². The molecule has 0 spiro atoms. The van der Waals surface area contributed by atoms with Gasteiger partial charge in [-0.2, -0.15) is 15.0 Å². The molecule has 8 heteroatoms. The second kappa shape index (κ2) is 7.55. The van der Waals surface area contributed by atoms with Crippen LogP contribution < -0.4 is 14.7 Å². The Morgan fingerprint density at radius 3 is 1.42 bits per heavy atom. The standard InChI is InChI=1S/C11H20Cl2N6/c1-17(2)9-14-10(18(3)4)16-11(15-9)19(7-5-12)8-6-13/h5-8H2,1-4H3. The highest BCUT2D eigenvalue weighted by atomic mass is 35.5. The Bertz CT molecular complexity index is 367. The SMILES string of the molecule is CN(C)c1nc(N(C)C)nc(N(CCCl)CCCl)n1. The van der Waals surface area contributed by atoms with E-state index < -0.39 is 0 Å². The molecule has 0 fully saturated rings. The molecule has 1 aromatic heterocycles. The Morgan fingerprint density at radius 2 is 1.11 bits per heavy atom. The highest BCUT2D eigenvalue weighted by Crippen LogP contribution is 2.16. The summed E-state index contributed by atoms with van der Waals surface area (Å²) >= 11 is 11.6. The molecule has 0 atom stereocenters. The normalized spacial score (nSPS) is 10.4. The molecule has 0 radical (unpaired) electrons. The molecule has 0 N–H and O–H groups in total. The Labute approximate surface area is 124 Å². The summed E-state index contributed by atoms with van der Waals surface area (Å²) in [6, 6.07) is 0. The number of aromatic nitrogens is 3. The van der Waals surface area contributed by atoms with E-state index in [9.17, 15) is 0 Å². The van der Waals surface area contributed by atoms with Gasteiger partial charge in [-0.05, 0) is 0 Å². The van der Waals surface area contributed by atoms with Gasteiger partial charge in [0, 0.05) is 53.0 Å². The van der Waals surface area contributed by atoms with E-state index in [1.54, 1.807) is 0 Å². The Morgan fingerprint density at radius 1 is 0.737 bits per heavy atom. The zero-order chi connectivity index (χ0) is 14.4. The number of alkyl halides is 2. The van der Waals surface area contributed by atoms with Crippen LogP contribution in [0.3, 0.4) is 0 Å². The van der Waals surface area contributed by atoms with Crippen LogP contribution in [0.4, 0.5) is 17.8 Å². The molecule has 0 aromatic carbocycles. The first-order valence-electron chi connectivity index (χ1n) is 5.97. The average molecular weight is 307 g/mol. The molecule has 0 bridgehead atoms. The van der Waals surface area contributed by atoms with Crippen LogP contribution in [0.1, 0.15) is 0 Å². The van der Waals surface area contributed by atoms with Gasteiger partial charge in [0.05, 0.1) is 0 Å². The van der Waals surface area contributed by atoms with Gasteiger partial charge in [-0.1, -0.05) is 0 Å². The van der Waals surface area contributed by atoms with E-state index in [1.807, 2.05) is 42.9 Å². The molecule has 0 saturated carbocycles. The van der Waals surface area contributed by atoms with Gasteiger partial charge in [0.15, 0.2) is 0 Å². The molecular weight excluding hydrogens is 287 g/mol. The molecule has 0 saturated heterocycles. The van der Waals surface area contributed by atoms with Crippen molar-refractivity contribution in [3.8, 4) is 0 Å². The lowest BCUT2D eigenvalue weighted by molar-refractivity contribution is 0.804. The fourth-order valence-electron chi connectivity index (χ4n) is 1.40. The van der Waals surface area contributed by atoms with E-state index in [1.165, 1.54) is 0 Å². The minimum Gasteiger partial charge on any atom is -0.347 e. The van der Waals surface area contributed by atoms with Gasteiger partial charge in [0.2, 0.25) is 17.8 Å². The summed E-state index contributed by atoms with van der Waals surface area (Å²) < 4.78 is 0. The molecule has 0 aliphatic heterocycles. The van der Waals surface area contributed by atoms with Crippen molar-refractivity contribution in [1.29, 1.82) is 0 Å². The van der Waals surface area contributed by atoms with Crippen LogP contribution in [0.15, 0.2) is 0 Å². The number of rotatable bonds is 7. The third-order valence-electron chi connectivity index (χ3n) is 2.39. The minimum atomic E-state index is 0.497. The van der Waals surface area contributed by atoms with Gasteiger partial charge in [-0.25, -0.2) is 0 Å². The lowest BCUT2D eigenvalue weighted by atomic mass is 10.5. The van der Waals surface area contributed by atoms with Crippen molar-refractivity contribution in [1.82, 2.24) is 15.0 Å². The predicted octanol–water partition coefficient (Wildman–Crippen LogP) is 1.29. The van der Waals surface area contributed by atoms with E-state index >= 15 is 0 Å². The first kappa shape index (κ1) is 16.0. The van der Waals surface area contributed by atoms with E-state index in [0.29, 0.717) is 42.7 Å². The van der Waals surface area contributed by atoms with Crippen molar-refractivity contribution in [3.63, 3.8) is 0 Å². The van der Waals surface area contributed by atoms with E-state index in [2.05, 4.69) is 15.0 Å². The summed E-state index contributed by atoms with van der Waals surface area (Å²) in [6.45, 7) is 1.30. The highest BCUT2D eigenvalue weighted by Gasteiger charge is 2.14. The molecule has 1 rings (SSSR count). The van der Waals surface area contributed by atoms with E-state index in [4.69, 9.17) is 23.2 Å². The second-order valence-electron chi connectivity index (χ2n) is 4.39. The maximum absolute atomic E-state index is 5.81. The smallest absolute Gasteiger partial charge is 0.232 e. The summed E-state index contributed by atoms with van der Waals surface area (Å²) in [4.78, 5) is 18.9. The molecular formula is C11H20Cl2N6. The predicted molar refractivity (Wildman–Crippen MR) is 82.1 cm³/mol. The fourth-order valence-corrected chi connectivity index (χ4v) is 1.81. The van der Waals surface area contributed by atoms with Crippen LogP contribution in [0, 0.1) is 0 Å². The van der Waals surface area contributed by atoms with Crippen LogP contribution in [-0.2, 0) is 0 Å². The summed E-state index contributed by atoms with van der Waals surface area (Å²) in [5.74, 6) is 2.82. The number of hydrogen-bond donors (Lipinski definition) is 0. The summed E-state index contributed by atoms with van der Waals surface area (Å²) in [6.07, 6.45) is 0. The van der Waals surface area contributed by atoms with Gasteiger partial charge < -0.3 is 14.7 Å². The van der Waals surface area contributed by atoms with Gasteiger partial charge in [0.25, 0.3) is 0 Å². The molecule has 0 aliphatic carbocycles. The fraction of sp³-hybridized carbons (Fsp3) is 0.727. The first-order valence-corrected chi connectivity index (χ1v) is 7.04. The summed E-state index contributed by atoms with van der Waals surface area (Å²) in [5, 5.41) is 0. The van der Waals surface area contributed by atoms with E-state index in [0.717, 1.165) is 0 Å². The van der Waals surface area contributed by atoms with Gasteiger partial charge in [-0.15, -0.1) is 23.2 Å². The second-order valence-corrected chi connectivity index (χ2v) is 5.15. The van der Waals surface area contributed by atoms with Crippen LogP contribution in [-0.4, -0.2) is 68.0 Å². The maximum atomic E-state index is 5.81. The average Bonchev–Trinajstić information content (AvgIpc) is 2.37. The van der Waals surface area contributed by atoms with Gasteiger partial charge in [0.1, 0.15) is 0 Å². The van der Waals surface area contributed by atoms with Gasteiger partial charge in [-0.3, -0.25) is 0 Å². The van der Waals surface area contributed by atoms with Crippen molar-refractivity contribution in [2.75, 3.05) is 67.7 Å². The van der Waals surface area contributed by atoms with Crippen LogP contribution in [0.5, 0.6) is 0 Å². The Kier molecular flexibility index (Phi) is 6.37. The quantitative estimate of drug-likeness (QED) is 0.708. The zero-order valence-electron chi connectivity index (χ0n) is 11.8. The number of nitrogens with zero attached hydrogens (tertiary/aromatic N) is 6. The number of halogens is 2. The molecule has 19 heavy (non-hydrogen) atoms. The molecule has 1 aromatic rings. The maximum Gasteiger partial charge on any atom is 0.232 e. The summed E-state index contributed by atoms with van der Waals surface area (Å²) in [7, 11) is 7.58. The van der Waals surface area contributed by atoms with Crippen LogP contribution in [0.25, 0.3) is 0 Å². The van der Waals surface area contributed by atoms with Crippen molar-refractivity contribution in [3.05, 3.63) is 0 Å². The molecule has 108 valence electrons. The monoisotopic (exact) mass is 306 g/mol. The third-order valence-corrected chi connectivity index (χ3v) is 2.73. The molecule has 1 heterocycles. The molecule has 0 aliphatic rings. The topological polar surface area (TPSA) is 48.4 Å². The van der Waals surface area contributed by atoms with E-state index in [-0.39, 0.29) is 0 Å². The minimum absolute atomic E-state index is 0.497. The number of hydrogen-bond acceptors (Lipinski definition) is 6. The summed E-state index contributed by atoms with van der Waals surface area (Å²) in [5.41, 5.74) is 0. The number of anilines is 3. The van der Waals surface area contributed by atoms with Crippen LogP contribution in [0.2, 0.25) is 0 Å². The largest absolute Gasteiger partial charge is 0.347 e. The third kappa shape index (κ3) is 4.54. The first-order chi connectivity index (χ1) is 8.99. The molecule has 0 amide bonds. The lowest BCUT2D eigenvalue weighted by Gasteiger charge is -2.23. The lowest BCUT2D eigenvalue weighted by Crippen LogP contribution is -2.31. The van der Waals surface area contributed by atoms with Crippen molar-refractivity contribution < 1.29 is 0 Å². The Balaban J connectivity index is 3.15. The molecule has 0 unspecified atom stereocenters. The highest BCUT2D eigenvalue weighted by molar-refractivity contribution is 6.18. The Hall–Kier alpha value is -1.01. The van der Waals surface area contributed by atoms with Crippen molar-refractivity contribution in [2.45, 2.75) is 0 Å². The van der Waals surface area contributed by atoms with Crippen molar-refractivity contribution >= 4 is 41.0 Å². The zero-order valence-corrected chi connectivity index (χ0v) is 13.3. The molecule has 6 nitrogen and oxygen atoms in total. The van der Waals surface area contributed by atoms with Crippen LogP contribution >= 0.6 is 23.2 Å². The van der Waals surface area contributed by atoms with Crippen molar-refractivity contribution in [2.24, 2.45) is 0 Å².